The molecule has 0 aromatic rings. The van der Waals surface area contributed by atoms with Crippen molar-refractivity contribution in [1.82, 2.24) is 10.2 Å². The first kappa shape index (κ1) is 16.8. The highest BCUT2D eigenvalue weighted by atomic mass is 19.4. The Hall–Kier alpha value is -0.290. The van der Waals surface area contributed by atoms with Crippen LogP contribution in [0, 0.1) is 5.92 Å². The van der Waals surface area contributed by atoms with Crippen molar-refractivity contribution in [2.75, 3.05) is 20.1 Å². The van der Waals surface area contributed by atoms with Gasteiger partial charge < -0.3 is 10.2 Å². The lowest BCUT2D eigenvalue weighted by Crippen LogP contribution is -2.41. The van der Waals surface area contributed by atoms with E-state index in [0.717, 1.165) is 19.5 Å². The van der Waals surface area contributed by atoms with Crippen LogP contribution in [0.3, 0.4) is 0 Å². The molecule has 1 fully saturated rings. The number of hydrogen-bond acceptors (Lipinski definition) is 2. The average molecular weight is 280 g/mol. The molecule has 0 heterocycles. The number of halogens is 3. The topological polar surface area (TPSA) is 15.3 Å². The van der Waals surface area contributed by atoms with E-state index in [2.05, 4.69) is 31.1 Å². The van der Waals surface area contributed by atoms with Crippen LogP contribution in [-0.2, 0) is 0 Å². The number of hydrogen-bond donors (Lipinski definition) is 1. The van der Waals surface area contributed by atoms with E-state index in [9.17, 15) is 13.2 Å². The van der Waals surface area contributed by atoms with Crippen molar-refractivity contribution in [3.8, 4) is 0 Å². The van der Waals surface area contributed by atoms with Gasteiger partial charge in [-0.05, 0) is 46.1 Å². The largest absolute Gasteiger partial charge is 0.391 e. The highest BCUT2D eigenvalue weighted by Gasteiger charge is 2.41. The van der Waals surface area contributed by atoms with Gasteiger partial charge in [0.1, 0.15) is 0 Å². The van der Waals surface area contributed by atoms with Crippen LogP contribution in [-0.4, -0.2) is 43.3 Å². The lowest BCUT2D eigenvalue weighted by Gasteiger charge is -2.31. The van der Waals surface area contributed by atoms with Crippen LogP contribution in [0.2, 0.25) is 0 Å². The van der Waals surface area contributed by atoms with Crippen molar-refractivity contribution >= 4 is 0 Å². The molecule has 0 aliphatic heterocycles. The Morgan fingerprint density at radius 1 is 1.21 bits per heavy atom. The fourth-order valence-corrected chi connectivity index (χ4v) is 2.60. The fourth-order valence-electron chi connectivity index (χ4n) is 2.60. The van der Waals surface area contributed by atoms with Crippen molar-refractivity contribution in [2.45, 2.75) is 64.2 Å². The van der Waals surface area contributed by atoms with Gasteiger partial charge in [0.15, 0.2) is 0 Å². The predicted octanol–water partition coefficient (Wildman–Crippen LogP) is 3.43. The maximum absolute atomic E-state index is 12.5. The van der Waals surface area contributed by atoms with E-state index in [-0.39, 0.29) is 18.9 Å². The van der Waals surface area contributed by atoms with Gasteiger partial charge in [-0.25, -0.2) is 0 Å². The standard InChI is InChI=1S/C14H27F3N2/c1-4-11(2)19(3)10-9-18-13-7-5-12(6-8-13)14(15,16)17/h11-13,18H,4-10H2,1-3H3. The molecule has 5 heteroatoms. The van der Waals surface area contributed by atoms with Crippen LogP contribution < -0.4 is 5.32 Å². The van der Waals surface area contributed by atoms with E-state index < -0.39 is 12.1 Å². The third-order valence-corrected chi connectivity index (χ3v) is 4.43. The number of rotatable bonds is 6. The first-order chi connectivity index (χ1) is 8.84. The molecule has 0 radical (unpaired) electrons. The van der Waals surface area contributed by atoms with Crippen molar-refractivity contribution in [1.29, 1.82) is 0 Å². The Morgan fingerprint density at radius 2 is 1.79 bits per heavy atom. The maximum Gasteiger partial charge on any atom is 0.391 e. The van der Waals surface area contributed by atoms with Crippen LogP contribution in [0.1, 0.15) is 46.0 Å². The first-order valence-corrected chi connectivity index (χ1v) is 7.35. The highest BCUT2D eigenvalue weighted by Crippen LogP contribution is 2.37. The summed E-state index contributed by atoms with van der Waals surface area (Å²) in [6.07, 6.45) is -1.02. The molecule has 1 unspecified atom stereocenters. The lowest BCUT2D eigenvalue weighted by atomic mass is 9.85. The van der Waals surface area contributed by atoms with Gasteiger partial charge in [-0.15, -0.1) is 0 Å². The zero-order chi connectivity index (χ0) is 14.5. The molecular formula is C14H27F3N2. The molecule has 19 heavy (non-hydrogen) atoms. The Labute approximate surface area is 114 Å². The molecule has 2 nitrogen and oxygen atoms in total. The summed E-state index contributed by atoms with van der Waals surface area (Å²) in [5, 5.41) is 3.39. The smallest absolute Gasteiger partial charge is 0.313 e. The zero-order valence-corrected chi connectivity index (χ0v) is 12.3. The fraction of sp³-hybridized carbons (Fsp3) is 1.00. The summed E-state index contributed by atoms with van der Waals surface area (Å²) in [5.74, 6) is -1.08. The highest BCUT2D eigenvalue weighted by molar-refractivity contribution is 4.81. The summed E-state index contributed by atoms with van der Waals surface area (Å²) < 4.78 is 37.6. The molecule has 0 aromatic heterocycles. The molecule has 0 aromatic carbocycles. The molecule has 0 spiro atoms. The monoisotopic (exact) mass is 280 g/mol. The number of alkyl halides is 3. The van der Waals surface area contributed by atoms with Crippen molar-refractivity contribution in [3.63, 3.8) is 0 Å². The second kappa shape index (κ2) is 7.48. The third kappa shape index (κ3) is 5.69. The quantitative estimate of drug-likeness (QED) is 0.802. The summed E-state index contributed by atoms with van der Waals surface area (Å²) in [6, 6.07) is 0.826. The summed E-state index contributed by atoms with van der Waals surface area (Å²) in [6.45, 7) is 6.16. The second-order valence-corrected chi connectivity index (χ2v) is 5.78. The van der Waals surface area contributed by atoms with Gasteiger partial charge in [-0.3, -0.25) is 0 Å². The molecule has 0 bridgehead atoms. The van der Waals surface area contributed by atoms with Gasteiger partial charge in [-0.1, -0.05) is 6.92 Å². The van der Waals surface area contributed by atoms with Gasteiger partial charge in [0.2, 0.25) is 0 Å². The molecule has 1 atom stereocenters. The molecule has 114 valence electrons. The molecule has 1 rings (SSSR count). The van der Waals surface area contributed by atoms with Gasteiger partial charge in [-0.2, -0.15) is 13.2 Å². The van der Waals surface area contributed by atoms with E-state index in [0.29, 0.717) is 18.9 Å². The number of nitrogens with one attached hydrogen (secondary N) is 1. The van der Waals surface area contributed by atoms with E-state index in [4.69, 9.17) is 0 Å². The Morgan fingerprint density at radius 3 is 2.26 bits per heavy atom. The van der Waals surface area contributed by atoms with Gasteiger partial charge >= 0.3 is 6.18 Å². The van der Waals surface area contributed by atoms with Crippen molar-refractivity contribution in [3.05, 3.63) is 0 Å². The summed E-state index contributed by atoms with van der Waals surface area (Å²) in [4.78, 5) is 2.29. The van der Waals surface area contributed by atoms with Crippen LogP contribution >= 0.6 is 0 Å². The van der Waals surface area contributed by atoms with E-state index >= 15 is 0 Å². The van der Waals surface area contributed by atoms with Gasteiger partial charge in [0, 0.05) is 25.2 Å². The van der Waals surface area contributed by atoms with Gasteiger partial charge in [0.05, 0.1) is 5.92 Å². The van der Waals surface area contributed by atoms with Crippen LogP contribution in [0.5, 0.6) is 0 Å². The predicted molar refractivity (Wildman–Crippen MR) is 72.2 cm³/mol. The normalized spacial score (nSPS) is 26.7. The molecule has 1 N–H and O–H groups in total. The Bertz CT molecular complexity index is 248. The molecule has 0 amide bonds. The Kier molecular flexibility index (Phi) is 6.60. The van der Waals surface area contributed by atoms with Crippen LogP contribution in [0.15, 0.2) is 0 Å². The molecular weight excluding hydrogens is 253 g/mol. The van der Waals surface area contributed by atoms with Crippen molar-refractivity contribution in [2.24, 2.45) is 5.92 Å². The summed E-state index contributed by atoms with van der Waals surface area (Å²) in [7, 11) is 2.09. The molecule has 1 saturated carbocycles. The number of nitrogens with zero attached hydrogens (tertiary/aromatic N) is 1. The minimum Gasteiger partial charge on any atom is -0.313 e. The molecule has 1 aliphatic carbocycles. The Balaban J connectivity index is 2.16. The van der Waals surface area contributed by atoms with Crippen LogP contribution in [0.4, 0.5) is 13.2 Å². The zero-order valence-electron chi connectivity index (χ0n) is 12.3. The third-order valence-electron chi connectivity index (χ3n) is 4.43. The van der Waals surface area contributed by atoms with Gasteiger partial charge in [0.25, 0.3) is 0 Å². The second-order valence-electron chi connectivity index (χ2n) is 5.78. The minimum absolute atomic E-state index is 0.268. The van der Waals surface area contributed by atoms with E-state index in [1.807, 2.05) is 0 Å². The van der Waals surface area contributed by atoms with Crippen molar-refractivity contribution < 1.29 is 13.2 Å². The summed E-state index contributed by atoms with van der Waals surface area (Å²) >= 11 is 0. The average Bonchev–Trinajstić information content (AvgIpc) is 2.37. The van der Waals surface area contributed by atoms with E-state index in [1.54, 1.807) is 0 Å². The molecule has 1 aliphatic rings. The first-order valence-electron chi connectivity index (χ1n) is 7.35. The minimum atomic E-state index is -4.00. The van der Waals surface area contributed by atoms with Crippen LogP contribution in [0.25, 0.3) is 0 Å². The SMILES string of the molecule is CCC(C)N(C)CCNC1CCC(C(F)(F)F)CC1. The lowest BCUT2D eigenvalue weighted by molar-refractivity contribution is -0.182. The molecule has 0 saturated heterocycles. The summed E-state index contributed by atoms with van der Waals surface area (Å²) in [5.41, 5.74) is 0. The number of likely N-dealkylation sites (N-methyl/N-ethyl adjacent to an activating group) is 1. The van der Waals surface area contributed by atoms with E-state index in [1.165, 1.54) is 0 Å². The maximum atomic E-state index is 12.5.